The van der Waals surface area contributed by atoms with Crippen molar-refractivity contribution in [3.63, 3.8) is 0 Å². The Morgan fingerprint density at radius 3 is 2.36 bits per heavy atom. The fraction of sp³-hybridized carbons (Fsp3) is 0.467. The van der Waals surface area contributed by atoms with Crippen LogP contribution in [0.1, 0.15) is 20.8 Å². The third-order valence-electron chi connectivity index (χ3n) is 3.69. The molecule has 0 aliphatic carbocycles. The molecule has 0 N–H and O–H groups in total. The third kappa shape index (κ3) is 4.30. The Labute approximate surface area is 136 Å². The molecule has 7 heteroatoms. The molecule has 0 fully saturated rings. The predicted molar refractivity (Wildman–Crippen MR) is 86.5 cm³/mol. The van der Waals surface area contributed by atoms with Gasteiger partial charge >= 0.3 is 0 Å². The van der Waals surface area contributed by atoms with E-state index in [-0.39, 0.29) is 17.1 Å². The van der Waals surface area contributed by atoms with Crippen LogP contribution in [0.25, 0.3) is 0 Å². The molecule has 2 aromatic rings. The second kappa shape index (κ2) is 6.38. The second-order valence-corrected chi connectivity index (χ2v) is 8.89. The lowest BCUT2D eigenvalue weighted by Crippen LogP contribution is -2.32. The van der Waals surface area contributed by atoms with Gasteiger partial charge in [0.1, 0.15) is 12.7 Å². The maximum Gasteiger partial charge on any atom is 0.178 e. The molecule has 0 saturated heterocycles. The van der Waals surface area contributed by atoms with Gasteiger partial charge in [0.05, 0.1) is 10.6 Å². The summed E-state index contributed by atoms with van der Waals surface area (Å²) >= 11 is 5.82. The molecular weight excluding hydrogens is 322 g/mol. The van der Waals surface area contributed by atoms with Crippen molar-refractivity contribution in [2.75, 3.05) is 5.75 Å². The Morgan fingerprint density at radius 1 is 1.23 bits per heavy atom. The predicted octanol–water partition coefficient (Wildman–Crippen LogP) is 3.07. The first-order valence-electron chi connectivity index (χ1n) is 6.99. The van der Waals surface area contributed by atoms with Gasteiger partial charge in [-0.1, -0.05) is 32.4 Å². The Kier molecular flexibility index (Phi) is 4.92. The number of hydrogen-bond donors (Lipinski definition) is 0. The highest BCUT2D eigenvalue weighted by molar-refractivity contribution is 7.91. The highest BCUT2D eigenvalue weighted by atomic mass is 35.5. The van der Waals surface area contributed by atoms with E-state index in [1.165, 1.54) is 6.33 Å². The molecule has 1 unspecified atom stereocenters. The molecule has 0 aliphatic heterocycles. The van der Waals surface area contributed by atoms with E-state index < -0.39 is 9.84 Å². The Morgan fingerprint density at radius 2 is 1.86 bits per heavy atom. The van der Waals surface area contributed by atoms with E-state index in [1.54, 1.807) is 35.3 Å². The van der Waals surface area contributed by atoms with Crippen LogP contribution in [0.15, 0.2) is 41.8 Å². The molecule has 1 atom stereocenters. The van der Waals surface area contributed by atoms with Gasteiger partial charge in [0.15, 0.2) is 9.84 Å². The minimum absolute atomic E-state index is 0.0536. The van der Waals surface area contributed by atoms with Crippen LogP contribution in [-0.2, 0) is 16.4 Å². The number of nitrogens with zero attached hydrogens (tertiary/aromatic N) is 3. The van der Waals surface area contributed by atoms with Crippen molar-refractivity contribution in [1.82, 2.24) is 14.8 Å². The summed E-state index contributed by atoms with van der Waals surface area (Å²) in [7, 11) is -3.38. The molecule has 5 nitrogen and oxygen atoms in total. The third-order valence-corrected chi connectivity index (χ3v) is 5.78. The number of aromatic nitrogens is 3. The molecule has 1 aromatic heterocycles. The van der Waals surface area contributed by atoms with E-state index in [0.29, 0.717) is 16.5 Å². The van der Waals surface area contributed by atoms with Gasteiger partial charge in [-0.25, -0.2) is 13.4 Å². The smallest absolute Gasteiger partial charge is 0.178 e. The minimum atomic E-state index is -3.38. The van der Waals surface area contributed by atoms with Gasteiger partial charge in [0, 0.05) is 11.6 Å². The Hall–Kier alpha value is -1.40. The number of halogens is 1. The molecule has 1 aromatic carbocycles. The largest absolute Gasteiger partial charge is 0.253 e. The lowest BCUT2D eigenvalue weighted by molar-refractivity contribution is 0.227. The molecule has 2 rings (SSSR count). The van der Waals surface area contributed by atoms with Crippen LogP contribution in [0.3, 0.4) is 0 Å². The van der Waals surface area contributed by atoms with Gasteiger partial charge in [-0.2, -0.15) is 5.10 Å². The van der Waals surface area contributed by atoms with Gasteiger partial charge in [0.2, 0.25) is 0 Å². The topological polar surface area (TPSA) is 64.8 Å². The molecule has 0 saturated carbocycles. The molecule has 0 radical (unpaired) electrons. The van der Waals surface area contributed by atoms with Crippen molar-refractivity contribution in [3.8, 4) is 0 Å². The van der Waals surface area contributed by atoms with Gasteiger partial charge in [-0.15, -0.1) is 0 Å². The molecule has 0 spiro atoms. The summed E-state index contributed by atoms with van der Waals surface area (Å²) in [5.41, 5.74) is -0.175. The van der Waals surface area contributed by atoms with E-state index in [9.17, 15) is 8.42 Å². The van der Waals surface area contributed by atoms with Crippen LogP contribution < -0.4 is 0 Å². The monoisotopic (exact) mass is 341 g/mol. The molecule has 1 heterocycles. The summed E-state index contributed by atoms with van der Waals surface area (Å²) in [5.74, 6) is -0.0345. The highest BCUT2D eigenvalue weighted by Crippen LogP contribution is 2.30. The normalized spacial score (nSPS) is 14.0. The summed E-state index contributed by atoms with van der Waals surface area (Å²) in [4.78, 5) is 4.21. The van der Waals surface area contributed by atoms with Gasteiger partial charge < -0.3 is 0 Å². The standard InChI is InChI=1S/C15H20ClN3O2S/c1-15(2,3)12(8-19-11-17-10-18-19)9-22(20,21)14-6-4-13(16)5-7-14/h4-7,10-12H,8-9H2,1-3H3. The summed E-state index contributed by atoms with van der Waals surface area (Å²) in [5, 5.41) is 4.60. The van der Waals surface area contributed by atoms with Crippen molar-refractivity contribution < 1.29 is 8.42 Å². The van der Waals surface area contributed by atoms with Gasteiger partial charge in [-0.05, 0) is 35.6 Å². The van der Waals surface area contributed by atoms with Crippen molar-refractivity contribution >= 4 is 21.4 Å². The number of rotatable bonds is 5. The molecule has 0 aliphatic rings. The zero-order chi connectivity index (χ0) is 16.4. The van der Waals surface area contributed by atoms with Crippen molar-refractivity contribution in [2.45, 2.75) is 32.2 Å². The summed E-state index contributed by atoms with van der Waals surface area (Å²) < 4.78 is 27.0. The number of hydrogen-bond acceptors (Lipinski definition) is 4. The molecule has 120 valence electrons. The van der Waals surface area contributed by atoms with Crippen molar-refractivity contribution in [2.24, 2.45) is 11.3 Å². The minimum Gasteiger partial charge on any atom is -0.253 e. The van der Waals surface area contributed by atoms with Crippen molar-refractivity contribution in [3.05, 3.63) is 41.9 Å². The van der Waals surface area contributed by atoms with Crippen LogP contribution in [0, 0.1) is 11.3 Å². The average Bonchev–Trinajstić information content (AvgIpc) is 2.90. The molecule has 0 bridgehead atoms. The van der Waals surface area contributed by atoms with Crippen LogP contribution >= 0.6 is 11.6 Å². The van der Waals surface area contributed by atoms with E-state index in [2.05, 4.69) is 10.1 Å². The maximum atomic E-state index is 12.6. The van der Waals surface area contributed by atoms with E-state index in [1.807, 2.05) is 20.8 Å². The summed E-state index contributed by atoms with van der Waals surface area (Å²) in [6.45, 7) is 6.61. The fourth-order valence-corrected chi connectivity index (χ4v) is 4.14. The summed E-state index contributed by atoms with van der Waals surface area (Å²) in [6, 6.07) is 6.29. The SMILES string of the molecule is CC(C)(C)C(Cn1cncn1)CS(=O)(=O)c1ccc(Cl)cc1. The lowest BCUT2D eigenvalue weighted by Gasteiger charge is -2.30. The number of benzene rings is 1. The summed E-state index contributed by atoms with van der Waals surface area (Å²) in [6.07, 6.45) is 3.06. The zero-order valence-electron chi connectivity index (χ0n) is 12.9. The van der Waals surface area contributed by atoms with E-state index in [4.69, 9.17) is 11.6 Å². The Bertz CT molecular complexity index is 704. The van der Waals surface area contributed by atoms with Crippen molar-refractivity contribution in [1.29, 1.82) is 0 Å². The van der Waals surface area contributed by atoms with Crippen LogP contribution in [0.4, 0.5) is 0 Å². The van der Waals surface area contributed by atoms with Gasteiger partial charge in [0.25, 0.3) is 0 Å². The quantitative estimate of drug-likeness (QED) is 0.838. The fourth-order valence-electron chi connectivity index (χ4n) is 2.13. The lowest BCUT2D eigenvalue weighted by atomic mass is 9.82. The highest BCUT2D eigenvalue weighted by Gasteiger charge is 2.31. The van der Waals surface area contributed by atoms with Crippen LogP contribution in [0.5, 0.6) is 0 Å². The number of sulfone groups is 1. The molecule has 22 heavy (non-hydrogen) atoms. The van der Waals surface area contributed by atoms with E-state index >= 15 is 0 Å². The molecule has 0 amide bonds. The first-order chi connectivity index (χ1) is 10.2. The first-order valence-corrected chi connectivity index (χ1v) is 9.02. The zero-order valence-corrected chi connectivity index (χ0v) is 14.5. The first kappa shape index (κ1) is 17.0. The second-order valence-electron chi connectivity index (χ2n) is 6.42. The van der Waals surface area contributed by atoms with Crippen LogP contribution in [0.2, 0.25) is 5.02 Å². The van der Waals surface area contributed by atoms with Gasteiger partial charge in [-0.3, -0.25) is 4.68 Å². The van der Waals surface area contributed by atoms with Crippen LogP contribution in [-0.4, -0.2) is 28.9 Å². The Balaban J connectivity index is 2.24. The maximum absolute atomic E-state index is 12.6. The average molecular weight is 342 g/mol. The molecular formula is C15H20ClN3O2S. The van der Waals surface area contributed by atoms with E-state index in [0.717, 1.165) is 0 Å².